The van der Waals surface area contributed by atoms with Gasteiger partial charge in [0.15, 0.2) is 0 Å². The number of amides is 2. The van der Waals surface area contributed by atoms with Crippen LogP contribution in [0.5, 0.6) is 0 Å². The summed E-state index contributed by atoms with van der Waals surface area (Å²) < 4.78 is 14.3. The van der Waals surface area contributed by atoms with Crippen LogP contribution in [-0.2, 0) is 6.42 Å². The molecule has 0 unspecified atom stereocenters. The van der Waals surface area contributed by atoms with Gasteiger partial charge in [0.1, 0.15) is 11.6 Å². The van der Waals surface area contributed by atoms with E-state index in [2.05, 4.69) is 18.3 Å². The lowest BCUT2D eigenvalue weighted by molar-refractivity contribution is 0.233. The van der Waals surface area contributed by atoms with Crippen LogP contribution in [-0.4, -0.2) is 23.1 Å². The van der Waals surface area contributed by atoms with Gasteiger partial charge in [-0.15, -0.1) is 0 Å². The van der Waals surface area contributed by atoms with Crippen LogP contribution >= 0.6 is 0 Å². The molecule has 2 saturated carbocycles. The van der Waals surface area contributed by atoms with E-state index in [0.29, 0.717) is 5.82 Å². The molecule has 4 nitrogen and oxygen atoms in total. The van der Waals surface area contributed by atoms with Crippen molar-refractivity contribution in [3.05, 3.63) is 35.8 Å². The van der Waals surface area contributed by atoms with Crippen molar-refractivity contribution < 1.29 is 9.18 Å². The van der Waals surface area contributed by atoms with Gasteiger partial charge >= 0.3 is 6.03 Å². The molecule has 0 bridgehead atoms. The lowest BCUT2D eigenvalue weighted by Gasteiger charge is -2.36. The van der Waals surface area contributed by atoms with E-state index in [4.69, 9.17) is 4.98 Å². The predicted molar refractivity (Wildman–Crippen MR) is 125 cm³/mol. The van der Waals surface area contributed by atoms with E-state index in [9.17, 15) is 9.18 Å². The number of hydrogen-bond donors (Lipinski definition) is 1. The third-order valence-corrected chi connectivity index (χ3v) is 6.93. The van der Waals surface area contributed by atoms with Crippen molar-refractivity contribution in [3.8, 4) is 0 Å². The van der Waals surface area contributed by atoms with Gasteiger partial charge in [-0.25, -0.2) is 14.2 Å². The fourth-order valence-electron chi connectivity index (χ4n) is 5.19. The van der Waals surface area contributed by atoms with Crippen LogP contribution in [0.4, 0.5) is 15.0 Å². The molecule has 5 heteroatoms. The molecule has 0 saturated heterocycles. The molecular weight excluding hydrogens is 389 g/mol. The van der Waals surface area contributed by atoms with Crippen LogP contribution in [0, 0.1) is 5.82 Å². The molecule has 1 N–H and O–H groups in total. The van der Waals surface area contributed by atoms with Crippen LogP contribution in [0.2, 0.25) is 0 Å². The van der Waals surface area contributed by atoms with E-state index in [1.807, 2.05) is 11.0 Å². The van der Waals surface area contributed by atoms with Gasteiger partial charge in [-0.1, -0.05) is 57.9 Å². The van der Waals surface area contributed by atoms with Crippen LogP contribution in [0.15, 0.2) is 24.3 Å². The number of carbonyl (C=O) groups excluding carboxylic acids is 1. The Morgan fingerprint density at radius 3 is 2.48 bits per heavy atom. The highest BCUT2D eigenvalue weighted by molar-refractivity contribution is 6.02. The second kappa shape index (κ2) is 10.4. The molecule has 4 rings (SSSR count). The van der Waals surface area contributed by atoms with Crippen molar-refractivity contribution >= 4 is 22.6 Å². The zero-order chi connectivity index (χ0) is 21.6. The molecule has 2 aromatic rings. The third kappa shape index (κ3) is 5.36. The van der Waals surface area contributed by atoms with Crippen LogP contribution in [0.1, 0.15) is 89.7 Å². The molecule has 1 aromatic carbocycles. The van der Waals surface area contributed by atoms with E-state index in [1.165, 1.54) is 31.7 Å². The average Bonchev–Trinajstić information content (AvgIpc) is 2.79. The molecule has 0 radical (unpaired) electrons. The highest BCUT2D eigenvalue weighted by atomic mass is 19.1. The maximum Gasteiger partial charge on any atom is 0.323 e. The number of pyridine rings is 1. The quantitative estimate of drug-likeness (QED) is 0.547. The fraction of sp³-hybridized carbons (Fsp3) is 0.615. The lowest BCUT2D eigenvalue weighted by Crippen LogP contribution is -2.51. The fourth-order valence-corrected chi connectivity index (χ4v) is 5.19. The largest absolute Gasteiger partial charge is 0.335 e. The highest BCUT2D eigenvalue weighted by Crippen LogP contribution is 2.33. The normalized spacial score (nSPS) is 18.3. The van der Waals surface area contributed by atoms with Gasteiger partial charge < -0.3 is 5.32 Å². The van der Waals surface area contributed by atoms with Crippen LogP contribution in [0.25, 0.3) is 10.8 Å². The van der Waals surface area contributed by atoms with Crippen molar-refractivity contribution in [1.82, 2.24) is 10.3 Å². The van der Waals surface area contributed by atoms with E-state index < -0.39 is 0 Å². The molecule has 0 aliphatic heterocycles. The molecule has 0 atom stereocenters. The van der Waals surface area contributed by atoms with Crippen molar-refractivity contribution in [1.29, 1.82) is 0 Å². The highest BCUT2D eigenvalue weighted by Gasteiger charge is 2.31. The van der Waals surface area contributed by atoms with E-state index >= 15 is 0 Å². The Morgan fingerprint density at radius 1 is 1.06 bits per heavy atom. The van der Waals surface area contributed by atoms with Gasteiger partial charge in [-0.2, -0.15) is 0 Å². The van der Waals surface area contributed by atoms with Crippen molar-refractivity contribution in [2.24, 2.45) is 0 Å². The number of urea groups is 1. The van der Waals surface area contributed by atoms with Crippen molar-refractivity contribution in [2.75, 3.05) is 4.90 Å². The molecule has 2 aliphatic rings. The number of benzene rings is 1. The first-order chi connectivity index (χ1) is 15.2. The van der Waals surface area contributed by atoms with Gasteiger partial charge in [-0.3, -0.25) is 4.90 Å². The van der Waals surface area contributed by atoms with E-state index in [0.717, 1.165) is 74.3 Å². The SMILES string of the molecule is CCCCc1cc2ccc(F)cc2c(N(C(=O)NC2CCCCC2)C2CCCCC2)n1. The maximum atomic E-state index is 14.3. The van der Waals surface area contributed by atoms with Crippen molar-refractivity contribution in [2.45, 2.75) is 102 Å². The summed E-state index contributed by atoms with van der Waals surface area (Å²) in [5, 5.41) is 5.01. The number of aryl methyl sites for hydroxylation is 1. The minimum atomic E-state index is -0.284. The Morgan fingerprint density at radius 2 is 1.77 bits per heavy atom. The molecular formula is C26H36FN3O. The molecule has 1 heterocycles. The number of unbranched alkanes of at least 4 members (excludes halogenated alkanes) is 1. The number of hydrogen-bond acceptors (Lipinski definition) is 2. The second-order valence-electron chi connectivity index (χ2n) is 9.35. The maximum absolute atomic E-state index is 14.3. The number of carbonyl (C=O) groups is 1. The van der Waals surface area contributed by atoms with Crippen molar-refractivity contribution in [3.63, 3.8) is 0 Å². The smallest absolute Gasteiger partial charge is 0.323 e. The van der Waals surface area contributed by atoms with Gasteiger partial charge in [0.05, 0.1) is 0 Å². The molecule has 2 aliphatic carbocycles. The average molecular weight is 426 g/mol. The molecule has 0 spiro atoms. The summed E-state index contributed by atoms with van der Waals surface area (Å²) in [5.41, 5.74) is 0.988. The summed E-state index contributed by atoms with van der Waals surface area (Å²) in [6.07, 6.45) is 14.1. The monoisotopic (exact) mass is 425 g/mol. The number of nitrogens with one attached hydrogen (secondary N) is 1. The Kier molecular flexibility index (Phi) is 7.41. The number of aromatic nitrogens is 1. The summed E-state index contributed by atoms with van der Waals surface area (Å²) >= 11 is 0. The summed E-state index contributed by atoms with van der Waals surface area (Å²) in [5.74, 6) is 0.358. The Hall–Kier alpha value is -2.17. The molecule has 2 amide bonds. The zero-order valence-electron chi connectivity index (χ0n) is 18.8. The molecule has 1 aromatic heterocycles. The Bertz CT molecular complexity index is 888. The van der Waals surface area contributed by atoms with Crippen LogP contribution < -0.4 is 10.2 Å². The minimum absolute atomic E-state index is 0.0514. The standard InChI is InChI=1S/C26H36FN3O/c1-2-3-10-22-17-19-15-16-20(27)18-24(19)25(28-22)30(23-13-8-5-9-14-23)26(31)29-21-11-6-4-7-12-21/h15-18,21,23H,2-14H2,1H3,(H,29,31). The number of fused-ring (bicyclic) bond motifs is 1. The van der Waals surface area contributed by atoms with Gasteiger partial charge in [0, 0.05) is 23.2 Å². The zero-order valence-corrected chi connectivity index (χ0v) is 18.8. The summed E-state index contributed by atoms with van der Waals surface area (Å²) in [6.45, 7) is 2.17. The Labute approximate surface area is 185 Å². The van der Waals surface area contributed by atoms with E-state index in [-0.39, 0.29) is 23.9 Å². The molecule has 31 heavy (non-hydrogen) atoms. The summed E-state index contributed by atoms with van der Waals surface area (Å²) in [6, 6.07) is 7.24. The second-order valence-corrected chi connectivity index (χ2v) is 9.35. The number of halogens is 1. The first-order valence-corrected chi connectivity index (χ1v) is 12.3. The van der Waals surface area contributed by atoms with Gasteiger partial charge in [0.2, 0.25) is 0 Å². The molecule has 168 valence electrons. The first kappa shape index (κ1) is 22.0. The molecule has 2 fully saturated rings. The summed E-state index contributed by atoms with van der Waals surface area (Å²) in [4.78, 5) is 20.5. The summed E-state index contributed by atoms with van der Waals surface area (Å²) in [7, 11) is 0. The lowest BCUT2D eigenvalue weighted by atomic mass is 9.93. The number of rotatable bonds is 6. The van der Waals surface area contributed by atoms with Gasteiger partial charge in [0.25, 0.3) is 0 Å². The predicted octanol–water partition coefficient (Wildman–Crippen LogP) is 6.90. The Balaban J connectivity index is 1.74. The third-order valence-electron chi connectivity index (χ3n) is 6.93. The number of nitrogens with zero attached hydrogens (tertiary/aromatic N) is 2. The van der Waals surface area contributed by atoms with E-state index in [1.54, 1.807) is 6.07 Å². The van der Waals surface area contributed by atoms with Crippen LogP contribution in [0.3, 0.4) is 0 Å². The first-order valence-electron chi connectivity index (χ1n) is 12.3. The minimum Gasteiger partial charge on any atom is -0.335 e. The van der Waals surface area contributed by atoms with Gasteiger partial charge in [-0.05, 0) is 62.1 Å². The topological polar surface area (TPSA) is 45.2 Å². The number of anilines is 1.